The topological polar surface area (TPSA) is 45.0 Å². The molecule has 0 atom stereocenters. The molecule has 0 bridgehead atoms. The maximum absolute atomic E-state index is 13.8. The van der Waals surface area contributed by atoms with E-state index in [2.05, 4.69) is 27.3 Å². The molecule has 102 valence electrons. The fourth-order valence-corrected chi connectivity index (χ4v) is 2.24. The van der Waals surface area contributed by atoms with Crippen LogP contribution in [0, 0.1) is 17.1 Å². The summed E-state index contributed by atoms with van der Waals surface area (Å²) in [7, 11) is 1.50. The fourth-order valence-electron chi connectivity index (χ4n) is 1.72. The van der Waals surface area contributed by atoms with Gasteiger partial charge in [0.1, 0.15) is 11.6 Å². The van der Waals surface area contributed by atoms with E-state index in [1.807, 2.05) is 0 Å². The Morgan fingerprint density at radius 1 is 1.30 bits per heavy atom. The lowest BCUT2D eigenvalue weighted by molar-refractivity contribution is 0.411. The normalized spacial score (nSPS) is 9.90. The van der Waals surface area contributed by atoms with Crippen LogP contribution in [-0.4, -0.2) is 7.11 Å². The minimum absolute atomic E-state index is 0.318. The summed E-state index contributed by atoms with van der Waals surface area (Å²) in [5.74, 6) is 0.174. The van der Waals surface area contributed by atoms with Crippen molar-refractivity contribution in [2.24, 2.45) is 0 Å². The van der Waals surface area contributed by atoms with Crippen LogP contribution in [0.25, 0.3) is 0 Å². The van der Waals surface area contributed by atoms with Crippen LogP contribution in [0.5, 0.6) is 5.75 Å². The van der Waals surface area contributed by atoms with Gasteiger partial charge in [0.05, 0.1) is 18.7 Å². The number of hydrogen-bond donors (Lipinski definition) is 1. The van der Waals surface area contributed by atoms with Crippen molar-refractivity contribution < 1.29 is 9.13 Å². The SMILES string of the molecule is COc1ccc(CNc2ccc(C#N)cc2Br)c(F)c1. The molecule has 1 N–H and O–H groups in total. The Hall–Kier alpha value is -2.06. The van der Waals surface area contributed by atoms with Crippen molar-refractivity contribution in [3.8, 4) is 11.8 Å². The highest BCUT2D eigenvalue weighted by atomic mass is 79.9. The van der Waals surface area contributed by atoms with Crippen LogP contribution >= 0.6 is 15.9 Å². The average Bonchev–Trinajstić information content (AvgIpc) is 2.46. The molecule has 0 spiro atoms. The lowest BCUT2D eigenvalue weighted by Crippen LogP contribution is -2.02. The van der Waals surface area contributed by atoms with Crippen molar-refractivity contribution in [1.82, 2.24) is 0 Å². The molecular formula is C15H12BrFN2O. The zero-order valence-corrected chi connectivity index (χ0v) is 12.4. The number of hydrogen-bond acceptors (Lipinski definition) is 3. The van der Waals surface area contributed by atoms with Gasteiger partial charge in [0.2, 0.25) is 0 Å². The van der Waals surface area contributed by atoms with Gasteiger partial charge in [0.15, 0.2) is 0 Å². The molecule has 20 heavy (non-hydrogen) atoms. The Labute approximate surface area is 125 Å². The minimum Gasteiger partial charge on any atom is -0.497 e. The largest absolute Gasteiger partial charge is 0.497 e. The first-order chi connectivity index (χ1) is 9.63. The van der Waals surface area contributed by atoms with E-state index >= 15 is 0 Å². The standard InChI is InChI=1S/C15H12BrFN2O/c1-20-12-4-3-11(14(17)7-12)9-19-15-5-2-10(8-18)6-13(15)16/h2-7,19H,9H2,1H3. The van der Waals surface area contributed by atoms with Crippen molar-refractivity contribution in [3.05, 3.63) is 57.8 Å². The van der Waals surface area contributed by atoms with Crippen molar-refractivity contribution in [1.29, 1.82) is 5.26 Å². The third-order valence-corrected chi connectivity index (χ3v) is 3.48. The summed E-state index contributed by atoms with van der Waals surface area (Å²) in [6, 6.07) is 12.0. The van der Waals surface area contributed by atoms with Gasteiger partial charge < -0.3 is 10.1 Å². The van der Waals surface area contributed by atoms with Gasteiger partial charge in [-0.1, -0.05) is 6.07 Å². The van der Waals surface area contributed by atoms with Crippen LogP contribution in [0.3, 0.4) is 0 Å². The van der Waals surface area contributed by atoms with Crippen LogP contribution in [0.15, 0.2) is 40.9 Å². The van der Waals surface area contributed by atoms with Crippen LogP contribution < -0.4 is 10.1 Å². The molecule has 0 saturated heterocycles. The number of rotatable bonds is 4. The molecule has 0 aliphatic carbocycles. The monoisotopic (exact) mass is 334 g/mol. The molecule has 0 saturated carbocycles. The quantitative estimate of drug-likeness (QED) is 0.916. The molecule has 2 aromatic carbocycles. The molecule has 0 radical (unpaired) electrons. The van der Waals surface area contributed by atoms with Crippen LogP contribution in [0.4, 0.5) is 10.1 Å². The third-order valence-electron chi connectivity index (χ3n) is 2.83. The van der Waals surface area contributed by atoms with E-state index in [0.717, 1.165) is 10.2 Å². The van der Waals surface area contributed by atoms with Gasteiger partial charge in [-0.3, -0.25) is 0 Å². The zero-order valence-electron chi connectivity index (χ0n) is 10.8. The summed E-state index contributed by atoms with van der Waals surface area (Å²) in [5, 5.41) is 11.9. The predicted octanol–water partition coefficient (Wildman–Crippen LogP) is 4.08. The molecule has 2 aromatic rings. The summed E-state index contributed by atoms with van der Waals surface area (Å²) >= 11 is 3.38. The first kappa shape index (κ1) is 14.4. The fraction of sp³-hybridized carbons (Fsp3) is 0.133. The summed E-state index contributed by atoms with van der Waals surface area (Å²) in [5.41, 5.74) is 1.92. The maximum Gasteiger partial charge on any atom is 0.131 e. The zero-order chi connectivity index (χ0) is 14.5. The number of halogens is 2. The molecule has 0 aromatic heterocycles. The van der Waals surface area contributed by atoms with Gasteiger partial charge in [0, 0.05) is 28.3 Å². The van der Waals surface area contributed by atoms with Gasteiger partial charge in [-0.25, -0.2) is 4.39 Å². The van der Waals surface area contributed by atoms with Crippen molar-refractivity contribution in [2.75, 3.05) is 12.4 Å². The second-order valence-electron chi connectivity index (χ2n) is 4.12. The van der Waals surface area contributed by atoms with E-state index in [9.17, 15) is 4.39 Å². The molecule has 0 aliphatic heterocycles. The van der Waals surface area contributed by atoms with Crippen LogP contribution in [0.2, 0.25) is 0 Å². The molecule has 0 amide bonds. The Bertz CT molecular complexity index is 667. The Balaban J connectivity index is 2.11. The summed E-state index contributed by atoms with van der Waals surface area (Å²) in [6.45, 7) is 0.348. The second kappa shape index (κ2) is 6.40. The van der Waals surface area contributed by atoms with Crippen molar-refractivity contribution >= 4 is 21.6 Å². The van der Waals surface area contributed by atoms with E-state index in [1.165, 1.54) is 13.2 Å². The number of ether oxygens (including phenoxy) is 1. The number of nitrogens with zero attached hydrogens (tertiary/aromatic N) is 1. The highest BCUT2D eigenvalue weighted by molar-refractivity contribution is 9.10. The summed E-state index contributed by atoms with van der Waals surface area (Å²) in [6.07, 6.45) is 0. The summed E-state index contributed by atoms with van der Waals surface area (Å²) < 4.78 is 19.5. The lowest BCUT2D eigenvalue weighted by Gasteiger charge is -2.10. The molecular weight excluding hydrogens is 323 g/mol. The number of benzene rings is 2. The van der Waals surface area contributed by atoms with E-state index in [4.69, 9.17) is 10.00 Å². The first-order valence-electron chi connectivity index (χ1n) is 5.90. The molecule has 3 nitrogen and oxygen atoms in total. The predicted molar refractivity (Wildman–Crippen MR) is 79.1 cm³/mol. The van der Waals surface area contributed by atoms with E-state index in [1.54, 1.807) is 30.3 Å². The molecule has 0 aliphatic rings. The number of nitriles is 1. The number of anilines is 1. The van der Waals surface area contributed by atoms with Crippen molar-refractivity contribution in [3.63, 3.8) is 0 Å². The van der Waals surface area contributed by atoms with E-state index in [0.29, 0.717) is 23.4 Å². The van der Waals surface area contributed by atoms with Gasteiger partial charge in [-0.2, -0.15) is 5.26 Å². The van der Waals surface area contributed by atoms with Gasteiger partial charge >= 0.3 is 0 Å². The Kier molecular flexibility index (Phi) is 4.59. The number of methoxy groups -OCH3 is 1. The Morgan fingerprint density at radius 2 is 2.10 bits per heavy atom. The highest BCUT2D eigenvalue weighted by Crippen LogP contribution is 2.24. The molecule has 0 heterocycles. The minimum atomic E-state index is -0.318. The molecule has 0 unspecified atom stereocenters. The number of nitrogens with one attached hydrogen (secondary N) is 1. The van der Waals surface area contributed by atoms with Gasteiger partial charge in [0.25, 0.3) is 0 Å². The lowest BCUT2D eigenvalue weighted by atomic mass is 10.2. The van der Waals surface area contributed by atoms with E-state index < -0.39 is 0 Å². The summed E-state index contributed by atoms with van der Waals surface area (Å²) in [4.78, 5) is 0. The van der Waals surface area contributed by atoms with Crippen LogP contribution in [0.1, 0.15) is 11.1 Å². The second-order valence-corrected chi connectivity index (χ2v) is 4.97. The molecule has 2 rings (SSSR count). The van der Waals surface area contributed by atoms with E-state index in [-0.39, 0.29) is 5.82 Å². The van der Waals surface area contributed by atoms with Crippen LogP contribution in [-0.2, 0) is 6.54 Å². The average molecular weight is 335 g/mol. The smallest absolute Gasteiger partial charge is 0.131 e. The first-order valence-corrected chi connectivity index (χ1v) is 6.69. The Morgan fingerprint density at radius 3 is 2.70 bits per heavy atom. The molecule has 0 fully saturated rings. The van der Waals surface area contributed by atoms with Crippen molar-refractivity contribution in [2.45, 2.75) is 6.54 Å². The molecule has 5 heteroatoms. The van der Waals surface area contributed by atoms with Gasteiger partial charge in [-0.05, 0) is 40.2 Å². The van der Waals surface area contributed by atoms with Gasteiger partial charge in [-0.15, -0.1) is 0 Å². The highest BCUT2D eigenvalue weighted by Gasteiger charge is 2.06. The third kappa shape index (κ3) is 3.28. The maximum atomic E-state index is 13.8.